The van der Waals surface area contributed by atoms with Crippen molar-refractivity contribution in [3.05, 3.63) is 35.4 Å². The third kappa shape index (κ3) is 2.47. The molecule has 1 aromatic carbocycles. The summed E-state index contributed by atoms with van der Waals surface area (Å²) in [6, 6.07) is 9.44. The number of nitrogens with one attached hydrogen (secondary N) is 1. The molecule has 1 unspecified atom stereocenters. The molecule has 0 radical (unpaired) electrons. The molecule has 18 heavy (non-hydrogen) atoms. The lowest BCUT2D eigenvalue weighted by Gasteiger charge is -2.38. The lowest BCUT2D eigenvalue weighted by atomic mass is 9.72. The van der Waals surface area contributed by atoms with Crippen LogP contribution in [-0.4, -0.2) is 6.54 Å². The van der Waals surface area contributed by atoms with E-state index in [1.54, 1.807) is 0 Å². The van der Waals surface area contributed by atoms with Crippen LogP contribution in [0.5, 0.6) is 0 Å². The first-order chi connectivity index (χ1) is 8.73. The van der Waals surface area contributed by atoms with E-state index in [4.69, 9.17) is 0 Å². The van der Waals surface area contributed by atoms with E-state index in [1.807, 2.05) is 0 Å². The molecule has 1 atom stereocenters. The third-order valence-electron chi connectivity index (χ3n) is 4.82. The van der Waals surface area contributed by atoms with E-state index in [9.17, 15) is 0 Å². The molecule has 0 heterocycles. The van der Waals surface area contributed by atoms with E-state index in [2.05, 4.69) is 50.4 Å². The molecule has 1 heteroatoms. The van der Waals surface area contributed by atoms with Crippen molar-refractivity contribution in [3.63, 3.8) is 0 Å². The Labute approximate surface area is 112 Å². The number of aryl methyl sites for hydroxylation is 1. The van der Waals surface area contributed by atoms with Gasteiger partial charge in [0.1, 0.15) is 0 Å². The average molecular weight is 245 g/mol. The van der Waals surface area contributed by atoms with E-state index in [0.717, 1.165) is 6.54 Å². The maximum Gasteiger partial charge on any atom is 0.0379 e. The van der Waals surface area contributed by atoms with Gasteiger partial charge < -0.3 is 5.32 Å². The maximum absolute atomic E-state index is 3.77. The summed E-state index contributed by atoms with van der Waals surface area (Å²) in [6.07, 6.45) is 6.87. The molecule has 0 bridgehead atoms. The Morgan fingerprint density at radius 1 is 1.17 bits per heavy atom. The Kier molecular flexibility index (Phi) is 4.45. The van der Waals surface area contributed by atoms with Crippen molar-refractivity contribution in [2.45, 2.75) is 58.9 Å². The van der Waals surface area contributed by atoms with Crippen molar-refractivity contribution < 1.29 is 0 Å². The highest BCUT2D eigenvalue weighted by Crippen LogP contribution is 2.50. The zero-order valence-corrected chi connectivity index (χ0v) is 12.1. The molecule has 1 saturated carbocycles. The van der Waals surface area contributed by atoms with Gasteiger partial charge in [0.25, 0.3) is 0 Å². The Hall–Kier alpha value is -0.820. The number of benzene rings is 1. The second-order valence-corrected chi connectivity index (χ2v) is 5.77. The summed E-state index contributed by atoms with van der Waals surface area (Å²) in [5.41, 5.74) is 3.44. The van der Waals surface area contributed by atoms with Crippen molar-refractivity contribution in [3.8, 4) is 0 Å². The summed E-state index contributed by atoms with van der Waals surface area (Å²) in [5.74, 6) is 0. The lowest BCUT2D eigenvalue weighted by Crippen LogP contribution is -2.36. The molecule has 0 saturated heterocycles. The van der Waals surface area contributed by atoms with Gasteiger partial charge in [0, 0.05) is 6.04 Å². The van der Waals surface area contributed by atoms with E-state index in [-0.39, 0.29) is 0 Å². The van der Waals surface area contributed by atoms with Gasteiger partial charge in [-0.1, -0.05) is 51.0 Å². The fraction of sp³-hybridized carbons (Fsp3) is 0.647. The molecule has 0 amide bonds. The highest BCUT2D eigenvalue weighted by molar-refractivity contribution is 5.30. The summed E-state index contributed by atoms with van der Waals surface area (Å²) < 4.78 is 0. The van der Waals surface area contributed by atoms with E-state index in [0.29, 0.717) is 11.5 Å². The number of hydrogen-bond acceptors (Lipinski definition) is 1. The van der Waals surface area contributed by atoms with Gasteiger partial charge in [-0.15, -0.1) is 0 Å². The van der Waals surface area contributed by atoms with E-state index >= 15 is 0 Å². The zero-order valence-electron chi connectivity index (χ0n) is 12.1. The third-order valence-corrected chi connectivity index (χ3v) is 4.82. The van der Waals surface area contributed by atoms with Crippen LogP contribution < -0.4 is 5.32 Å². The summed E-state index contributed by atoms with van der Waals surface area (Å²) in [4.78, 5) is 0. The quantitative estimate of drug-likeness (QED) is 0.798. The molecule has 1 aliphatic rings. The maximum atomic E-state index is 3.77. The van der Waals surface area contributed by atoms with Crippen molar-refractivity contribution in [1.82, 2.24) is 5.32 Å². The van der Waals surface area contributed by atoms with Crippen LogP contribution in [0.2, 0.25) is 0 Å². The normalized spacial score (nSPS) is 19.9. The second kappa shape index (κ2) is 5.88. The topological polar surface area (TPSA) is 12.0 Å². The largest absolute Gasteiger partial charge is 0.310 e. The number of rotatable bonds is 5. The van der Waals surface area contributed by atoms with Crippen LogP contribution >= 0.6 is 0 Å². The molecule has 0 aliphatic heterocycles. The van der Waals surface area contributed by atoms with Crippen LogP contribution in [0, 0.1) is 12.3 Å². The van der Waals surface area contributed by atoms with Crippen LogP contribution in [0.1, 0.15) is 63.1 Å². The van der Waals surface area contributed by atoms with Crippen molar-refractivity contribution >= 4 is 0 Å². The van der Waals surface area contributed by atoms with Crippen molar-refractivity contribution in [2.75, 3.05) is 6.54 Å². The summed E-state index contributed by atoms with van der Waals surface area (Å²) >= 11 is 0. The van der Waals surface area contributed by atoms with Crippen LogP contribution in [0.3, 0.4) is 0 Å². The second-order valence-electron chi connectivity index (χ2n) is 5.77. The minimum atomic E-state index is 0.488. The zero-order chi connectivity index (χ0) is 13.0. The first kappa shape index (κ1) is 13.6. The Balaban J connectivity index is 2.36. The highest BCUT2D eigenvalue weighted by atomic mass is 14.9. The van der Waals surface area contributed by atoms with Gasteiger partial charge in [-0.25, -0.2) is 0 Å². The Bertz CT molecular complexity index is 377. The van der Waals surface area contributed by atoms with Crippen LogP contribution in [0.4, 0.5) is 0 Å². The molecule has 0 spiro atoms. The van der Waals surface area contributed by atoms with Crippen molar-refractivity contribution in [2.24, 2.45) is 5.41 Å². The van der Waals surface area contributed by atoms with Crippen molar-refractivity contribution in [1.29, 1.82) is 0 Å². The molecule has 1 aromatic rings. The fourth-order valence-corrected chi connectivity index (χ4v) is 3.70. The van der Waals surface area contributed by atoms with Gasteiger partial charge >= 0.3 is 0 Å². The van der Waals surface area contributed by atoms with E-state index < -0.39 is 0 Å². The van der Waals surface area contributed by atoms with Gasteiger partial charge in [-0.3, -0.25) is 0 Å². The van der Waals surface area contributed by atoms with Crippen LogP contribution in [0.25, 0.3) is 0 Å². The SMILES string of the molecule is CCNC(c1ccccc1C)C1(CC)CCCC1. The molecule has 1 N–H and O–H groups in total. The van der Waals surface area contributed by atoms with Gasteiger partial charge in [-0.05, 0) is 49.3 Å². The Morgan fingerprint density at radius 2 is 1.83 bits per heavy atom. The van der Waals surface area contributed by atoms with Gasteiger partial charge in [0.05, 0.1) is 0 Å². The standard InChI is InChI=1S/C17H27N/c1-4-17(12-8-9-13-17)16(18-5-2)15-11-7-6-10-14(15)3/h6-7,10-11,16,18H,4-5,8-9,12-13H2,1-3H3. The fourth-order valence-electron chi connectivity index (χ4n) is 3.70. The smallest absolute Gasteiger partial charge is 0.0379 e. The minimum absolute atomic E-state index is 0.488. The summed E-state index contributed by atoms with van der Waals surface area (Å²) in [7, 11) is 0. The molecule has 0 aromatic heterocycles. The Morgan fingerprint density at radius 3 is 2.39 bits per heavy atom. The van der Waals surface area contributed by atoms with Gasteiger partial charge in [0.2, 0.25) is 0 Å². The predicted molar refractivity (Wildman–Crippen MR) is 78.8 cm³/mol. The molecule has 1 fully saturated rings. The molecule has 100 valence electrons. The molecule has 1 aliphatic carbocycles. The predicted octanol–water partition coefficient (Wildman–Crippen LogP) is 4.62. The van der Waals surface area contributed by atoms with Crippen LogP contribution in [-0.2, 0) is 0 Å². The molecular weight excluding hydrogens is 218 g/mol. The van der Waals surface area contributed by atoms with Gasteiger partial charge in [0.15, 0.2) is 0 Å². The summed E-state index contributed by atoms with van der Waals surface area (Å²) in [6.45, 7) is 7.90. The molecular formula is C17H27N. The number of hydrogen-bond donors (Lipinski definition) is 1. The average Bonchev–Trinajstić information content (AvgIpc) is 2.87. The minimum Gasteiger partial charge on any atom is -0.310 e. The first-order valence-corrected chi connectivity index (χ1v) is 7.52. The molecule has 1 nitrogen and oxygen atoms in total. The monoisotopic (exact) mass is 245 g/mol. The molecule has 2 rings (SSSR count). The highest BCUT2D eigenvalue weighted by Gasteiger charge is 2.40. The summed E-state index contributed by atoms with van der Waals surface area (Å²) in [5, 5.41) is 3.77. The lowest BCUT2D eigenvalue weighted by molar-refractivity contribution is 0.188. The van der Waals surface area contributed by atoms with E-state index in [1.165, 1.54) is 43.2 Å². The van der Waals surface area contributed by atoms with Crippen LogP contribution in [0.15, 0.2) is 24.3 Å². The van der Waals surface area contributed by atoms with Gasteiger partial charge in [-0.2, -0.15) is 0 Å². The first-order valence-electron chi connectivity index (χ1n) is 7.52.